The predicted octanol–water partition coefficient (Wildman–Crippen LogP) is 2.94. The molecule has 0 amide bonds. The molecule has 1 fully saturated rings. The van der Waals surface area contributed by atoms with Crippen molar-refractivity contribution in [2.45, 2.75) is 33.2 Å². The van der Waals surface area contributed by atoms with Crippen molar-refractivity contribution >= 4 is 29.9 Å². The number of pyridine rings is 1. The molecule has 28 heavy (non-hydrogen) atoms. The van der Waals surface area contributed by atoms with Crippen LogP contribution in [0, 0.1) is 5.92 Å². The van der Waals surface area contributed by atoms with Crippen molar-refractivity contribution in [1.29, 1.82) is 0 Å². The fourth-order valence-corrected chi connectivity index (χ4v) is 3.01. The molecule has 1 atom stereocenters. The maximum Gasteiger partial charge on any atom is 0.218 e. The van der Waals surface area contributed by atoms with Gasteiger partial charge in [-0.1, -0.05) is 13.0 Å². The molecule has 0 aliphatic carbocycles. The highest BCUT2D eigenvalue weighted by Crippen LogP contribution is 2.19. The zero-order valence-electron chi connectivity index (χ0n) is 17.4. The van der Waals surface area contributed by atoms with Crippen LogP contribution in [0.2, 0.25) is 0 Å². The van der Waals surface area contributed by atoms with Gasteiger partial charge in [0, 0.05) is 44.4 Å². The summed E-state index contributed by atoms with van der Waals surface area (Å²) in [4.78, 5) is 11.5. The minimum Gasteiger partial charge on any atom is -0.477 e. The predicted molar refractivity (Wildman–Crippen MR) is 123 cm³/mol. The van der Waals surface area contributed by atoms with Crippen LogP contribution in [0.15, 0.2) is 23.3 Å². The minimum absolute atomic E-state index is 0. The smallest absolute Gasteiger partial charge is 0.218 e. The van der Waals surface area contributed by atoms with Crippen LogP contribution in [0.1, 0.15) is 32.3 Å². The lowest BCUT2D eigenvalue weighted by Gasteiger charge is -2.22. The molecule has 0 bridgehead atoms. The van der Waals surface area contributed by atoms with Crippen molar-refractivity contribution in [1.82, 2.24) is 15.2 Å². The van der Waals surface area contributed by atoms with Crippen LogP contribution >= 0.6 is 24.0 Å². The van der Waals surface area contributed by atoms with Gasteiger partial charge >= 0.3 is 0 Å². The number of rotatable bonds is 11. The molecule has 8 heteroatoms. The summed E-state index contributed by atoms with van der Waals surface area (Å²) >= 11 is 0. The van der Waals surface area contributed by atoms with Gasteiger partial charge in [0.25, 0.3) is 0 Å². The Morgan fingerprint density at radius 1 is 1.32 bits per heavy atom. The molecule has 1 aliphatic rings. The van der Waals surface area contributed by atoms with Crippen molar-refractivity contribution in [3.05, 3.63) is 23.9 Å². The summed E-state index contributed by atoms with van der Waals surface area (Å²) in [6.45, 7) is 10.3. The van der Waals surface area contributed by atoms with Crippen LogP contribution in [0.4, 0.5) is 0 Å². The first-order chi connectivity index (χ1) is 13.3. The van der Waals surface area contributed by atoms with Crippen LogP contribution in [-0.2, 0) is 16.0 Å². The topological polar surface area (TPSA) is 68.2 Å². The molecule has 2 heterocycles. The Morgan fingerprint density at radius 2 is 2.18 bits per heavy atom. The van der Waals surface area contributed by atoms with Gasteiger partial charge in [0.1, 0.15) is 0 Å². The molecular weight excluding hydrogens is 471 g/mol. The largest absolute Gasteiger partial charge is 0.477 e. The Labute approximate surface area is 186 Å². The van der Waals surface area contributed by atoms with Crippen LogP contribution < -0.4 is 10.1 Å². The van der Waals surface area contributed by atoms with E-state index in [-0.39, 0.29) is 24.0 Å². The summed E-state index contributed by atoms with van der Waals surface area (Å²) in [6.07, 6.45) is 3.84. The van der Waals surface area contributed by atoms with Crippen LogP contribution in [0.25, 0.3) is 0 Å². The molecule has 1 aromatic rings. The van der Waals surface area contributed by atoms with Gasteiger partial charge in [-0.2, -0.15) is 0 Å². The second-order valence-electron chi connectivity index (χ2n) is 6.65. The number of methoxy groups -OCH3 is 1. The molecule has 1 N–H and O–H groups in total. The number of aromatic nitrogens is 1. The number of nitrogens with one attached hydrogen (secondary N) is 1. The van der Waals surface area contributed by atoms with Gasteiger partial charge in [0.2, 0.25) is 5.88 Å². The van der Waals surface area contributed by atoms with E-state index in [0.717, 1.165) is 50.6 Å². The lowest BCUT2D eigenvalue weighted by atomic mass is 10.1. The molecule has 1 aliphatic heterocycles. The third-order valence-corrected chi connectivity index (χ3v) is 4.40. The monoisotopic (exact) mass is 506 g/mol. The zero-order chi connectivity index (χ0) is 19.3. The van der Waals surface area contributed by atoms with Crippen molar-refractivity contribution in [2.24, 2.45) is 10.9 Å². The van der Waals surface area contributed by atoms with Crippen LogP contribution in [-0.4, -0.2) is 69.0 Å². The van der Waals surface area contributed by atoms with Crippen molar-refractivity contribution in [3.63, 3.8) is 0 Å². The summed E-state index contributed by atoms with van der Waals surface area (Å²) in [5, 5.41) is 3.41. The summed E-state index contributed by atoms with van der Waals surface area (Å²) in [6, 6.07) is 3.96. The Balaban J connectivity index is 0.00000392. The van der Waals surface area contributed by atoms with Crippen molar-refractivity contribution in [3.8, 4) is 5.88 Å². The fourth-order valence-electron chi connectivity index (χ4n) is 3.01. The summed E-state index contributed by atoms with van der Waals surface area (Å²) in [5.74, 6) is 2.17. The molecule has 0 aromatic carbocycles. The number of ether oxygens (including phenoxy) is 3. The summed E-state index contributed by atoms with van der Waals surface area (Å²) in [5.41, 5.74) is 1.01. The molecule has 0 spiro atoms. The van der Waals surface area contributed by atoms with Gasteiger partial charge < -0.3 is 24.4 Å². The van der Waals surface area contributed by atoms with Gasteiger partial charge in [-0.25, -0.2) is 9.98 Å². The standard InChI is InChI=1S/C20H34N4O3.HI/c1-4-11-27-19-18(7-6-9-22-19)14-23-20(21-5-2)24-10-8-17(15-24)16-26-13-12-25-3;/h6-7,9,17H,4-5,8,10-16H2,1-3H3,(H,21,23);1H. The fraction of sp³-hybridized carbons (Fsp3) is 0.700. The average Bonchev–Trinajstić information content (AvgIpc) is 3.16. The van der Waals surface area contributed by atoms with Gasteiger partial charge in [0.05, 0.1) is 33.0 Å². The lowest BCUT2D eigenvalue weighted by molar-refractivity contribution is 0.0536. The molecule has 2 rings (SSSR count). The highest BCUT2D eigenvalue weighted by Gasteiger charge is 2.25. The highest BCUT2D eigenvalue weighted by atomic mass is 127. The second-order valence-corrected chi connectivity index (χ2v) is 6.65. The van der Waals surface area contributed by atoms with E-state index < -0.39 is 0 Å². The molecule has 0 saturated carbocycles. The van der Waals surface area contributed by atoms with Crippen molar-refractivity contribution < 1.29 is 14.2 Å². The first-order valence-corrected chi connectivity index (χ1v) is 9.95. The molecule has 0 radical (unpaired) electrons. The van der Waals surface area contributed by atoms with Gasteiger partial charge in [0.15, 0.2) is 5.96 Å². The molecule has 160 valence electrons. The van der Waals surface area contributed by atoms with E-state index in [1.165, 1.54) is 0 Å². The Bertz CT molecular complexity index is 574. The van der Waals surface area contributed by atoms with Gasteiger partial charge in [-0.05, 0) is 25.8 Å². The number of likely N-dealkylation sites (tertiary alicyclic amines) is 1. The lowest BCUT2D eigenvalue weighted by Crippen LogP contribution is -2.40. The van der Waals surface area contributed by atoms with Crippen LogP contribution in [0.3, 0.4) is 0 Å². The number of halogens is 1. The second kappa shape index (κ2) is 14.8. The molecule has 1 aromatic heterocycles. The maximum atomic E-state index is 5.74. The van der Waals surface area contributed by atoms with Crippen molar-refractivity contribution in [2.75, 3.05) is 53.2 Å². The molecule has 7 nitrogen and oxygen atoms in total. The maximum absolute atomic E-state index is 5.74. The Hall–Kier alpha value is -1.13. The van der Waals surface area contributed by atoms with E-state index in [1.807, 2.05) is 12.1 Å². The van der Waals surface area contributed by atoms with E-state index in [1.54, 1.807) is 13.3 Å². The van der Waals surface area contributed by atoms with Crippen LogP contribution in [0.5, 0.6) is 5.88 Å². The number of hydrogen-bond donors (Lipinski definition) is 1. The van der Waals surface area contributed by atoms with E-state index >= 15 is 0 Å². The van der Waals surface area contributed by atoms with E-state index in [9.17, 15) is 0 Å². The quantitative estimate of drug-likeness (QED) is 0.216. The zero-order valence-corrected chi connectivity index (χ0v) is 19.7. The van der Waals surface area contributed by atoms with E-state index in [2.05, 4.69) is 29.0 Å². The minimum atomic E-state index is 0. The van der Waals surface area contributed by atoms with Gasteiger partial charge in [-0.3, -0.25) is 0 Å². The highest BCUT2D eigenvalue weighted by molar-refractivity contribution is 14.0. The average molecular weight is 506 g/mol. The normalized spacial score (nSPS) is 16.8. The Kier molecular flexibility index (Phi) is 13.2. The Morgan fingerprint density at radius 3 is 2.93 bits per heavy atom. The number of aliphatic imine (C=N–C) groups is 1. The third-order valence-electron chi connectivity index (χ3n) is 4.40. The first-order valence-electron chi connectivity index (χ1n) is 9.95. The summed E-state index contributed by atoms with van der Waals surface area (Å²) in [7, 11) is 1.70. The molecular formula is C20H35IN4O3. The van der Waals surface area contributed by atoms with E-state index in [4.69, 9.17) is 19.2 Å². The third kappa shape index (κ3) is 8.48. The van der Waals surface area contributed by atoms with Gasteiger partial charge in [-0.15, -0.1) is 24.0 Å². The number of hydrogen-bond acceptors (Lipinski definition) is 5. The van der Waals surface area contributed by atoms with E-state index in [0.29, 0.717) is 38.2 Å². The molecule has 1 saturated heterocycles. The SMILES string of the molecule is CCCOc1ncccc1CN=C(NCC)N1CCC(COCCOC)C1.I. The number of guanidine groups is 1. The first kappa shape index (κ1) is 24.9. The molecule has 1 unspecified atom stereocenters. The number of nitrogens with zero attached hydrogens (tertiary/aromatic N) is 3. The summed E-state index contributed by atoms with van der Waals surface area (Å²) < 4.78 is 16.5.